The summed E-state index contributed by atoms with van der Waals surface area (Å²) >= 11 is 0. The zero-order valence-electron chi connectivity index (χ0n) is 39.3. The molecule has 2 aromatic carbocycles. The molecule has 19 heteroatoms. The number of fused-ring (bicyclic) bond motifs is 3. The van der Waals surface area contributed by atoms with E-state index in [1.54, 1.807) is 42.4 Å². The number of carbonyl (C=O) groups is 4. The van der Waals surface area contributed by atoms with Gasteiger partial charge in [0.1, 0.15) is 17.5 Å². The number of anilines is 2. The number of aryl methyl sites for hydroxylation is 2. The molecule has 1 unspecified atom stereocenters. The van der Waals surface area contributed by atoms with Crippen LogP contribution in [0.2, 0.25) is 0 Å². The Kier molecular flexibility index (Phi) is 12.0. The van der Waals surface area contributed by atoms with E-state index < -0.39 is 29.9 Å². The molecule has 0 spiro atoms. The summed E-state index contributed by atoms with van der Waals surface area (Å²) in [6.07, 6.45) is 7.64. The second-order valence-corrected chi connectivity index (χ2v) is 19.6. The minimum absolute atomic E-state index is 0.0197. The molecule has 4 aliphatic rings. The third-order valence-corrected chi connectivity index (χ3v) is 14.0. The van der Waals surface area contributed by atoms with Gasteiger partial charge in [-0.25, -0.2) is 9.37 Å². The van der Waals surface area contributed by atoms with Crippen molar-refractivity contribution in [2.45, 2.75) is 103 Å². The first-order valence-electron chi connectivity index (χ1n) is 23.6. The molecule has 4 amide bonds. The van der Waals surface area contributed by atoms with Crippen molar-refractivity contribution in [3.8, 4) is 16.9 Å². The average Bonchev–Trinajstić information content (AvgIpc) is 3.88. The number of pyridine rings is 2. The molecule has 2 fully saturated rings. The van der Waals surface area contributed by atoms with Crippen molar-refractivity contribution in [2.24, 2.45) is 13.0 Å². The summed E-state index contributed by atoms with van der Waals surface area (Å²) in [5.41, 5.74) is 4.06. The molecule has 4 aromatic heterocycles. The molecule has 1 aliphatic carbocycles. The minimum atomic E-state index is -0.729. The lowest BCUT2D eigenvalue weighted by molar-refractivity contribution is -0.146. The van der Waals surface area contributed by atoms with Crippen molar-refractivity contribution in [1.82, 2.24) is 44.2 Å². The van der Waals surface area contributed by atoms with Crippen LogP contribution in [0.15, 0.2) is 76.7 Å². The molecular formula is C51H53FN10O8. The van der Waals surface area contributed by atoms with Gasteiger partial charge in [-0.05, 0) is 90.1 Å². The number of amides is 4. The fraction of sp³-hybridized carbons (Fsp3) is 0.392. The van der Waals surface area contributed by atoms with Crippen LogP contribution in [-0.4, -0.2) is 92.9 Å². The third-order valence-electron chi connectivity index (χ3n) is 14.0. The average molecular weight is 953 g/mol. The van der Waals surface area contributed by atoms with Gasteiger partial charge >= 0.3 is 0 Å². The number of piperidine rings is 1. The fourth-order valence-electron chi connectivity index (χ4n) is 10.1. The van der Waals surface area contributed by atoms with Crippen LogP contribution in [0.4, 0.5) is 15.9 Å². The van der Waals surface area contributed by atoms with Gasteiger partial charge in [-0.15, -0.1) is 0 Å². The van der Waals surface area contributed by atoms with Crippen molar-refractivity contribution < 1.29 is 33.4 Å². The number of rotatable bonds is 12. The Labute approximate surface area is 401 Å². The highest BCUT2D eigenvalue weighted by atomic mass is 19.1. The van der Waals surface area contributed by atoms with E-state index in [4.69, 9.17) is 9.84 Å². The number of hydrogen-bond donors (Lipinski definition) is 3. The van der Waals surface area contributed by atoms with Gasteiger partial charge in [0.25, 0.3) is 17.0 Å². The van der Waals surface area contributed by atoms with Crippen molar-refractivity contribution in [2.75, 3.05) is 18.5 Å². The molecule has 7 heterocycles. The maximum Gasteiger partial charge on any atom is 0.283 e. The normalized spacial score (nSPS) is 19.0. The molecule has 70 heavy (non-hydrogen) atoms. The van der Waals surface area contributed by atoms with Crippen LogP contribution in [0.5, 0.6) is 0 Å². The molecule has 3 aliphatic heterocycles. The Morgan fingerprint density at radius 2 is 1.81 bits per heavy atom. The third kappa shape index (κ3) is 8.56. The first-order chi connectivity index (χ1) is 33.6. The van der Waals surface area contributed by atoms with E-state index >= 15 is 4.39 Å². The molecule has 1 saturated carbocycles. The first-order valence-corrected chi connectivity index (χ1v) is 23.6. The summed E-state index contributed by atoms with van der Waals surface area (Å²) in [5, 5.41) is 25.4. The van der Waals surface area contributed by atoms with Gasteiger partial charge in [-0.2, -0.15) is 14.9 Å². The molecule has 18 nitrogen and oxygen atoms in total. The predicted octanol–water partition coefficient (Wildman–Crippen LogP) is 4.55. The topological polar surface area (TPSA) is 216 Å². The number of carbonyl (C=O) groups excluding carboxylic acids is 4. The van der Waals surface area contributed by atoms with Gasteiger partial charge in [-0.3, -0.25) is 38.8 Å². The lowest BCUT2D eigenvalue weighted by Gasteiger charge is -2.38. The number of ether oxygens (including phenoxy) is 1. The summed E-state index contributed by atoms with van der Waals surface area (Å²) in [7, 11) is 1.60. The van der Waals surface area contributed by atoms with Gasteiger partial charge in [0, 0.05) is 79.6 Å². The van der Waals surface area contributed by atoms with Crippen molar-refractivity contribution in [3.63, 3.8) is 0 Å². The Morgan fingerprint density at radius 1 is 1.00 bits per heavy atom. The Hall–Kier alpha value is -7.38. The van der Waals surface area contributed by atoms with Crippen LogP contribution in [0, 0.1) is 11.7 Å². The number of benzene rings is 2. The summed E-state index contributed by atoms with van der Waals surface area (Å²) < 4.78 is 25.9. The number of nitrogens with one attached hydrogen (secondary N) is 2. The summed E-state index contributed by atoms with van der Waals surface area (Å²) in [6.45, 7) is 7.44. The molecule has 1 saturated heterocycles. The standard InChI is InChI=1S/C51H53FN10O8/c1-51(2,3)32-17-30-23-54-62(50(69)44(30)39(52)21-32)45-38(27-63)35(12-13-53-45)31-20-40(49(68)58(4)24-31)55-42-22-33-25-59(14-15-61(33)57-42)47(66)29-18-34(19-29)70-16-6-8-28-7-5-9-36-37(28)26-60(48(36)67)41-10-11-43(64)56-46(41)65/h5,7,9,12-13,17,20-24,29,34,41,63H,6,8,10-11,14-16,18-19,25-27H2,1-4H3,(H,55,57)(H,56,64,65)/t29-,34+,41?. The van der Waals surface area contributed by atoms with Crippen molar-refractivity contribution in [3.05, 3.63) is 127 Å². The van der Waals surface area contributed by atoms with Gasteiger partial charge < -0.3 is 29.5 Å². The lowest BCUT2D eigenvalue weighted by atomic mass is 9.81. The van der Waals surface area contributed by atoms with E-state index in [2.05, 4.69) is 20.7 Å². The molecule has 10 rings (SSSR count). The second kappa shape index (κ2) is 18.2. The largest absolute Gasteiger partial charge is 0.392 e. The fourth-order valence-corrected chi connectivity index (χ4v) is 10.1. The van der Waals surface area contributed by atoms with Crippen molar-refractivity contribution >= 4 is 45.9 Å². The van der Waals surface area contributed by atoms with Crippen LogP contribution in [0.3, 0.4) is 0 Å². The van der Waals surface area contributed by atoms with E-state index in [9.17, 15) is 33.9 Å². The SMILES string of the molecule is Cn1cc(-c2ccnc(-n3ncc4cc(C(C)(C)C)cc(F)c4c3=O)c2CO)cc(Nc2cc3n(n2)CCN(C(=O)[C@H]2C[C@@H](OCCCc4cccc5c4CN(C4CCC(=O)NC4=O)C5=O)C2)C3)c1=O. The number of aliphatic hydroxyl groups excluding tert-OH is 1. The van der Waals surface area contributed by atoms with E-state index in [0.717, 1.165) is 27.9 Å². The maximum atomic E-state index is 15.5. The molecular weight excluding hydrogens is 900 g/mol. The van der Waals surface area contributed by atoms with E-state index in [1.807, 2.05) is 48.6 Å². The van der Waals surface area contributed by atoms with Crippen LogP contribution in [-0.2, 0) is 64.2 Å². The maximum absolute atomic E-state index is 15.5. The lowest BCUT2D eigenvalue weighted by Crippen LogP contribution is -2.52. The highest BCUT2D eigenvalue weighted by Crippen LogP contribution is 2.35. The number of aromatic nitrogens is 6. The molecule has 362 valence electrons. The number of aliphatic hydroxyl groups is 1. The summed E-state index contributed by atoms with van der Waals surface area (Å²) in [4.78, 5) is 86.1. The summed E-state index contributed by atoms with van der Waals surface area (Å²) in [5.74, 6) is -1.28. The number of hydrogen-bond acceptors (Lipinski definition) is 12. The smallest absolute Gasteiger partial charge is 0.283 e. The summed E-state index contributed by atoms with van der Waals surface area (Å²) in [6, 6.07) is 13.2. The van der Waals surface area contributed by atoms with Crippen LogP contribution in [0.25, 0.3) is 27.7 Å². The Morgan fingerprint density at radius 3 is 2.59 bits per heavy atom. The molecule has 0 radical (unpaired) electrons. The van der Waals surface area contributed by atoms with E-state index in [-0.39, 0.29) is 69.6 Å². The van der Waals surface area contributed by atoms with E-state index in [0.29, 0.717) is 91.9 Å². The minimum Gasteiger partial charge on any atom is -0.392 e. The highest BCUT2D eigenvalue weighted by Gasteiger charge is 2.41. The highest BCUT2D eigenvalue weighted by molar-refractivity contribution is 6.05. The van der Waals surface area contributed by atoms with Gasteiger partial charge in [0.05, 0.1) is 43.1 Å². The molecule has 6 aromatic rings. The Bertz CT molecular complexity index is 3260. The Balaban J connectivity index is 0.756. The van der Waals surface area contributed by atoms with Crippen LogP contribution < -0.4 is 21.8 Å². The van der Waals surface area contributed by atoms with Crippen molar-refractivity contribution in [1.29, 1.82) is 0 Å². The molecule has 1 atom stereocenters. The second-order valence-electron chi connectivity index (χ2n) is 19.6. The number of nitrogens with zero attached hydrogens (tertiary/aromatic N) is 8. The van der Waals surface area contributed by atoms with E-state index in [1.165, 1.54) is 23.0 Å². The van der Waals surface area contributed by atoms with Crippen LogP contribution in [0.1, 0.15) is 91.2 Å². The number of imide groups is 1. The van der Waals surface area contributed by atoms with Crippen LogP contribution >= 0.6 is 0 Å². The number of halogens is 1. The molecule has 0 bridgehead atoms. The molecule has 3 N–H and O–H groups in total. The van der Waals surface area contributed by atoms with Gasteiger partial charge in [-0.1, -0.05) is 32.9 Å². The first kappa shape index (κ1) is 46.4. The monoisotopic (exact) mass is 952 g/mol. The van der Waals surface area contributed by atoms with Gasteiger partial charge in [0.15, 0.2) is 11.6 Å². The van der Waals surface area contributed by atoms with Gasteiger partial charge in [0.2, 0.25) is 17.7 Å². The quantitative estimate of drug-likeness (QED) is 0.114. The zero-order chi connectivity index (χ0) is 49.2. The zero-order valence-corrected chi connectivity index (χ0v) is 39.3. The predicted molar refractivity (Wildman–Crippen MR) is 255 cm³/mol.